The number of nitrogens with zero attached hydrogens (tertiary/aromatic N) is 1. The third-order valence-electron chi connectivity index (χ3n) is 4.92. The Balaban J connectivity index is 1.65. The van der Waals surface area contributed by atoms with Gasteiger partial charge in [-0.3, -0.25) is 4.90 Å². The maximum absolute atomic E-state index is 9.83. The number of aliphatic hydroxyl groups excluding tert-OH is 1. The highest BCUT2D eigenvalue weighted by molar-refractivity contribution is 5.06. The quantitative estimate of drug-likeness (QED) is 0.779. The molecular formula is C14H26N2O. The minimum absolute atomic E-state index is 0.00296. The minimum atomic E-state index is -0.00296. The fraction of sp³-hybridized carbons (Fsp3) is 1.00. The molecule has 1 heterocycles. The van der Waals surface area contributed by atoms with Gasteiger partial charge in [0.25, 0.3) is 0 Å². The second kappa shape index (κ2) is 4.52. The summed E-state index contributed by atoms with van der Waals surface area (Å²) in [5, 5.41) is 13.6. The lowest BCUT2D eigenvalue weighted by molar-refractivity contribution is 0.146. The highest BCUT2D eigenvalue weighted by Gasteiger charge is 2.47. The predicted octanol–water partition coefficient (Wildman–Crippen LogP) is 1.51. The van der Waals surface area contributed by atoms with Crippen LogP contribution >= 0.6 is 0 Å². The monoisotopic (exact) mass is 238 g/mol. The van der Waals surface area contributed by atoms with Gasteiger partial charge in [-0.2, -0.15) is 0 Å². The highest BCUT2D eigenvalue weighted by Crippen LogP contribution is 2.37. The molecule has 0 spiro atoms. The molecule has 0 aromatic carbocycles. The van der Waals surface area contributed by atoms with E-state index in [0.717, 1.165) is 19.0 Å². The molecule has 1 saturated heterocycles. The van der Waals surface area contributed by atoms with Gasteiger partial charge in [-0.25, -0.2) is 0 Å². The third-order valence-corrected chi connectivity index (χ3v) is 4.92. The smallest absolute Gasteiger partial charge is 0.0626 e. The predicted molar refractivity (Wildman–Crippen MR) is 69.0 cm³/mol. The second-order valence-electron chi connectivity index (χ2n) is 6.52. The molecule has 2 N–H and O–H groups in total. The van der Waals surface area contributed by atoms with Crippen molar-refractivity contribution in [3.8, 4) is 0 Å². The standard InChI is InChI=1S/C14H26N2O/c1-11-8-14(10-17,9-16(11)13-6-7-13)15-12-4-2-3-5-12/h11-13,15,17H,2-10H2,1H3. The molecule has 2 unspecified atom stereocenters. The summed E-state index contributed by atoms with van der Waals surface area (Å²) in [7, 11) is 0. The third kappa shape index (κ3) is 2.38. The molecule has 2 atom stereocenters. The summed E-state index contributed by atoms with van der Waals surface area (Å²) in [6, 6.07) is 2.13. The number of hydrogen-bond acceptors (Lipinski definition) is 3. The van der Waals surface area contributed by atoms with E-state index in [1.54, 1.807) is 0 Å². The highest BCUT2D eigenvalue weighted by atomic mass is 16.3. The van der Waals surface area contributed by atoms with Crippen LogP contribution in [-0.4, -0.2) is 46.8 Å². The van der Waals surface area contributed by atoms with E-state index in [1.165, 1.54) is 38.5 Å². The molecule has 98 valence electrons. The topological polar surface area (TPSA) is 35.5 Å². The van der Waals surface area contributed by atoms with Crippen LogP contribution in [0.15, 0.2) is 0 Å². The van der Waals surface area contributed by atoms with Crippen molar-refractivity contribution in [3.63, 3.8) is 0 Å². The van der Waals surface area contributed by atoms with Crippen LogP contribution in [0.1, 0.15) is 51.9 Å². The van der Waals surface area contributed by atoms with E-state index in [0.29, 0.717) is 18.7 Å². The van der Waals surface area contributed by atoms with Gasteiger partial charge >= 0.3 is 0 Å². The van der Waals surface area contributed by atoms with Gasteiger partial charge in [0.2, 0.25) is 0 Å². The Kier molecular flexibility index (Phi) is 3.18. The summed E-state index contributed by atoms with van der Waals surface area (Å²) in [5.74, 6) is 0. The summed E-state index contributed by atoms with van der Waals surface area (Å²) in [4.78, 5) is 2.62. The van der Waals surface area contributed by atoms with Crippen molar-refractivity contribution in [1.82, 2.24) is 10.2 Å². The van der Waals surface area contributed by atoms with Crippen molar-refractivity contribution in [2.45, 2.75) is 75.5 Å². The number of likely N-dealkylation sites (tertiary alicyclic amines) is 1. The Labute approximate surface area is 105 Å². The molecule has 1 aliphatic heterocycles. The first kappa shape index (κ1) is 11.9. The molecule has 0 aromatic rings. The molecule has 3 nitrogen and oxygen atoms in total. The summed E-state index contributed by atoms with van der Waals surface area (Å²) >= 11 is 0. The summed E-state index contributed by atoms with van der Waals surface area (Å²) < 4.78 is 0. The van der Waals surface area contributed by atoms with Crippen LogP contribution in [-0.2, 0) is 0 Å². The summed E-state index contributed by atoms with van der Waals surface area (Å²) in [6.45, 7) is 3.69. The molecule has 0 aromatic heterocycles. The van der Waals surface area contributed by atoms with Gasteiger partial charge in [-0.15, -0.1) is 0 Å². The molecule has 0 radical (unpaired) electrons. The Bertz CT molecular complexity index is 269. The second-order valence-corrected chi connectivity index (χ2v) is 6.52. The van der Waals surface area contributed by atoms with Gasteiger partial charge in [-0.1, -0.05) is 12.8 Å². The number of hydrogen-bond donors (Lipinski definition) is 2. The fourth-order valence-electron chi connectivity index (χ4n) is 3.92. The molecule has 0 bridgehead atoms. The molecule has 3 rings (SSSR count). The van der Waals surface area contributed by atoms with Crippen LogP contribution in [0.2, 0.25) is 0 Å². The average Bonchev–Trinajstić information content (AvgIpc) is 2.94. The largest absolute Gasteiger partial charge is 0.394 e. The van der Waals surface area contributed by atoms with Crippen LogP contribution < -0.4 is 5.32 Å². The van der Waals surface area contributed by atoms with E-state index >= 15 is 0 Å². The Morgan fingerprint density at radius 1 is 1.24 bits per heavy atom. The maximum Gasteiger partial charge on any atom is 0.0626 e. The Morgan fingerprint density at radius 2 is 1.94 bits per heavy atom. The Hall–Kier alpha value is -0.120. The van der Waals surface area contributed by atoms with Crippen molar-refractivity contribution < 1.29 is 5.11 Å². The average molecular weight is 238 g/mol. The first-order chi connectivity index (χ1) is 8.22. The van der Waals surface area contributed by atoms with Crippen molar-refractivity contribution in [2.75, 3.05) is 13.2 Å². The summed E-state index contributed by atoms with van der Waals surface area (Å²) in [6.07, 6.45) is 9.20. The van der Waals surface area contributed by atoms with Crippen LogP contribution in [0, 0.1) is 0 Å². The lowest BCUT2D eigenvalue weighted by Gasteiger charge is -2.32. The molecule has 0 amide bonds. The molecular weight excluding hydrogens is 212 g/mol. The van der Waals surface area contributed by atoms with E-state index in [-0.39, 0.29) is 5.54 Å². The van der Waals surface area contributed by atoms with Gasteiger partial charge < -0.3 is 10.4 Å². The number of rotatable bonds is 4. The van der Waals surface area contributed by atoms with Crippen LogP contribution in [0.5, 0.6) is 0 Å². The number of nitrogens with one attached hydrogen (secondary N) is 1. The van der Waals surface area contributed by atoms with E-state index in [2.05, 4.69) is 17.1 Å². The maximum atomic E-state index is 9.83. The lowest BCUT2D eigenvalue weighted by atomic mass is 9.95. The van der Waals surface area contributed by atoms with Crippen LogP contribution in [0.3, 0.4) is 0 Å². The molecule has 3 fully saturated rings. The first-order valence-electron chi connectivity index (χ1n) is 7.37. The molecule has 2 aliphatic carbocycles. The van der Waals surface area contributed by atoms with Crippen molar-refractivity contribution in [1.29, 1.82) is 0 Å². The number of aliphatic hydroxyl groups is 1. The fourth-order valence-corrected chi connectivity index (χ4v) is 3.92. The normalized spacial score (nSPS) is 40.2. The van der Waals surface area contributed by atoms with Crippen molar-refractivity contribution in [3.05, 3.63) is 0 Å². The van der Waals surface area contributed by atoms with Gasteiger partial charge in [0, 0.05) is 24.7 Å². The molecule has 3 heteroatoms. The van der Waals surface area contributed by atoms with Crippen molar-refractivity contribution >= 4 is 0 Å². The van der Waals surface area contributed by atoms with Gasteiger partial charge in [0.05, 0.1) is 12.1 Å². The van der Waals surface area contributed by atoms with Crippen molar-refractivity contribution in [2.24, 2.45) is 0 Å². The molecule has 17 heavy (non-hydrogen) atoms. The zero-order valence-electron chi connectivity index (χ0n) is 11.0. The van der Waals surface area contributed by atoms with Gasteiger partial charge in [-0.05, 0) is 39.0 Å². The summed E-state index contributed by atoms with van der Waals surface area (Å²) in [5.41, 5.74) is -0.00296. The Morgan fingerprint density at radius 3 is 2.53 bits per heavy atom. The van der Waals surface area contributed by atoms with E-state index in [4.69, 9.17) is 0 Å². The van der Waals surface area contributed by atoms with Gasteiger partial charge in [0.1, 0.15) is 0 Å². The van der Waals surface area contributed by atoms with E-state index in [9.17, 15) is 5.11 Å². The van der Waals surface area contributed by atoms with Crippen LogP contribution in [0.4, 0.5) is 0 Å². The molecule has 2 saturated carbocycles. The lowest BCUT2D eigenvalue weighted by Crippen LogP contribution is -2.54. The van der Waals surface area contributed by atoms with E-state index in [1.807, 2.05) is 0 Å². The minimum Gasteiger partial charge on any atom is -0.394 e. The molecule has 3 aliphatic rings. The SMILES string of the molecule is CC1CC(CO)(NC2CCCC2)CN1C1CC1. The van der Waals surface area contributed by atoms with E-state index < -0.39 is 0 Å². The zero-order chi connectivity index (χ0) is 11.9. The first-order valence-corrected chi connectivity index (χ1v) is 7.37. The van der Waals surface area contributed by atoms with Gasteiger partial charge in [0.15, 0.2) is 0 Å². The zero-order valence-corrected chi connectivity index (χ0v) is 11.0. The van der Waals surface area contributed by atoms with Crippen LogP contribution in [0.25, 0.3) is 0 Å².